The maximum Gasteiger partial charge on any atom is 0.152 e. The number of hydrogen-bond donors (Lipinski definition) is 0. The summed E-state index contributed by atoms with van der Waals surface area (Å²) in [5.74, 6) is 0.784. The largest absolute Gasteiger partial charge is 0.374 e. The van der Waals surface area contributed by atoms with Crippen molar-refractivity contribution in [2.75, 3.05) is 18.5 Å². The minimum Gasteiger partial charge on any atom is -0.374 e. The van der Waals surface area contributed by atoms with Gasteiger partial charge in [-0.15, -0.1) is 0 Å². The first-order valence-electron chi connectivity index (χ1n) is 6.66. The lowest BCUT2D eigenvalue weighted by Gasteiger charge is -2.29. The van der Waals surface area contributed by atoms with Gasteiger partial charge in [0.15, 0.2) is 6.29 Å². The van der Waals surface area contributed by atoms with E-state index >= 15 is 0 Å². The third-order valence-corrected chi connectivity index (χ3v) is 4.28. The highest BCUT2D eigenvalue weighted by Crippen LogP contribution is 2.28. The Bertz CT molecular complexity index is 413. The Morgan fingerprint density at radius 2 is 2.06 bits per heavy atom. The second-order valence-electron chi connectivity index (χ2n) is 5.21. The van der Waals surface area contributed by atoms with Gasteiger partial charge in [0, 0.05) is 29.3 Å². The van der Waals surface area contributed by atoms with Crippen LogP contribution in [0.25, 0.3) is 0 Å². The number of carbonyl (C=O) groups is 1. The number of nitrogens with zero attached hydrogens (tertiary/aromatic N) is 1. The van der Waals surface area contributed by atoms with E-state index < -0.39 is 0 Å². The summed E-state index contributed by atoms with van der Waals surface area (Å²) >= 11 is 3.41. The predicted octanol–water partition coefficient (Wildman–Crippen LogP) is 4.28. The summed E-state index contributed by atoms with van der Waals surface area (Å²) in [4.78, 5) is 13.4. The summed E-state index contributed by atoms with van der Waals surface area (Å²) < 4.78 is 0.958. The van der Waals surface area contributed by atoms with Crippen LogP contribution >= 0.6 is 15.9 Å². The van der Waals surface area contributed by atoms with Gasteiger partial charge in [0.25, 0.3) is 0 Å². The molecule has 0 atom stereocenters. The first-order valence-corrected chi connectivity index (χ1v) is 7.46. The van der Waals surface area contributed by atoms with Crippen molar-refractivity contribution in [2.45, 2.75) is 32.1 Å². The lowest BCUT2D eigenvalue weighted by Crippen LogP contribution is -2.27. The van der Waals surface area contributed by atoms with E-state index in [4.69, 9.17) is 0 Å². The fourth-order valence-corrected chi connectivity index (χ4v) is 3.20. The van der Waals surface area contributed by atoms with Crippen LogP contribution in [0.3, 0.4) is 0 Å². The molecule has 0 bridgehead atoms. The van der Waals surface area contributed by atoms with E-state index in [1.807, 2.05) is 18.2 Å². The van der Waals surface area contributed by atoms with Gasteiger partial charge >= 0.3 is 0 Å². The molecule has 1 aliphatic carbocycles. The summed E-state index contributed by atoms with van der Waals surface area (Å²) in [6, 6.07) is 5.91. The van der Waals surface area contributed by atoms with Gasteiger partial charge < -0.3 is 4.90 Å². The van der Waals surface area contributed by atoms with E-state index in [0.29, 0.717) is 0 Å². The standard InChI is InChI=1S/C15H20BrNO/c1-17(10-12-5-3-2-4-6-12)15-8-7-14(16)9-13(15)11-18/h7-9,11-12H,2-6,10H2,1H3. The maximum absolute atomic E-state index is 11.1. The number of halogens is 1. The van der Waals surface area contributed by atoms with E-state index in [-0.39, 0.29) is 0 Å². The van der Waals surface area contributed by atoms with Crippen molar-refractivity contribution in [3.63, 3.8) is 0 Å². The lowest BCUT2D eigenvalue weighted by molar-refractivity contribution is 0.112. The van der Waals surface area contributed by atoms with Gasteiger partial charge in [-0.1, -0.05) is 35.2 Å². The average molecular weight is 310 g/mol. The van der Waals surface area contributed by atoms with Crippen molar-refractivity contribution in [1.29, 1.82) is 0 Å². The third-order valence-electron chi connectivity index (χ3n) is 3.78. The van der Waals surface area contributed by atoms with Crippen LogP contribution in [0.1, 0.15) is 42.5 Å². The fraction of sp³-hybridized carbons (Fsp3) is 0.533. The molecule has 0 aliphatic heterocycles. The predicted molar refractivity (Wildman–Crippen MR) is 79.4 cm³/mol. The molecule has 18 heavy (non-hydrogen) atoms. The monoisotopic (exact) mass is 309 g/mol. The molecule has 0 aromatic heterocycles. The Morgan fingerprint density at radius 1 is 1.33 bits per heavy atom. The quantitative estimate of drug-likeness (QED) is 0.774. The summed E-state index contributed by atoms with van der Waals surface area (Å²) in [5, 5.41) is 0. The van der Waals surface area contributed by atoms with Gasteiger partial charge in [-0.2, -0.15) is 0 Å². The van der Waals surface area contributed by atoms with E-state index in [1.165, 1.54) is 32.1 Å². The topological polar surface area (TPSA) is 20.3 Å². The summed E-state index contributed by atoms with van der Waals surface area (Å²) in [6.45, 7) is 1.06. The Morgan fingerprint density at radius 3 is 2.72 bits per heavy atom. The average Bonchev–Trinajstić information content (AvgIpc) is 2.39. The number of benzene rings is 1. The SMILES string of the molecule is CN(CC1CCCCC1)c1ccc(Br)cc1C=O. The van der Waals surface area contributed by atoms with E-state index in [0.717, 1.165) is 34.5 Å². The Kier molecular flexibility index (Phi) is 4.81. The van der Waals surface area contributed by atoms with E-state index in [1.54, 1.807) is 0 Å². The number of anilines is 1. The normalized spacial score (nSPS) is 16.6. The van der Waals surface area contributed by atoms with Gasteiger partial charge in [0.05, 0.1) is 0 Å². The first kappa shape index (κ1) is 13.6. The van der Waals surface area contributed by atoms with Gasteiger partial charge in [-0.05, 0) is 37.0 Å². The highest BCUT2D eigenvalue weighted by molar-refractivity contribution is 9.10. The van der Waals surface area contributed by atoms with Crippen molar-refractivity contribution in [3.05, 3.63) is 28.2 Å². The zero-order valence-electron chi connectivity index (χ0n) is 10.9. The van der Waals surface area contributed by atoms with Crippen LogP contribution in [0.2, 0.25) is 0 Å². The van der Waals surface area contributed by atoms with Crippen molar-refractivity contribution in [1.82, 2.24) is 0 Å². The number of rotatable bonds is 4. The highest BCUT2D eigenvalue weighted by atomic mass is 79.9. The molecule has 0 unspecified atom stereocenters. The molecule has 0 radical (unpaired) electrons. The zero-order valence-corrected chi connectivity index (χ0v) is 12.4. The molecule has 0 amide bonds. The summed E-state index contributed by atoms with van der Waals surface area (Å²) in [6.07, 6.45) is 7.71. The van der Waals surface area contributed by atoms with Crippen LogP contribution in [-0.2, 0) is 0 Å². The van der Waals surface area contributed by atoms with Crippen LogP contribution in [0.4, 0.5) is 5.69 Å². The molecule has 1 aromatic rings. The molecule has 0 heterocycles. The lowest BCUT2D eigenvalue weighted by atomic mass is 9.89. The molecule has 1 aromatic carbocycles. The molecule has 1 saturated carbocycles. The second-order valence-corrected chi connectivity index (χ2v) is 6.12. The number of carbonyl (C=O) groups excluding carboxylic acids is 1. The molecule has 1 fully saturated rings. The Hall–Kier alpha value is -0.830. The molecular weight excluding hydrogens is 290 g/mol. The smallest absolute Gasteiger partial charge is 0.152 e. The van der Waals surface area contributed by atoms with E-state index in [2.05, 4.69) is 27.9 Å². The Balaban J connectivity index is 2.07. The minimum atomic E-state index is 0.766. The fourth-order valence-electron chi connectivity index (χ4n) is 2.82. The molecule has 2 nitrogen and oxygen atoms in total. The Labute approximate surface area is 117 Å². The van der Waals surface area contributed by atoms with Crippen molar-refractivity contribution in [2.24, 2.45) is 5.92 Å². The second kappa shape index (κ2) is 6.37. The molecule has 0 N–H and O–H groups in total. The molecule has 1 aliphatic rings. The molecule has 3 heteroatoms. The molecular formula is C15H20BrNO. The number of hydrogen-bond acceptors (Lipinski definition) is 2. The first-order chi connectivity index (χ1) is 8.70. The maximum atomic E-state index is 11.1. The van der Waals surface area contributed by atoms with Crippen molar-refractivity contribution < 1.29 is 4.79 Å². The van der Waals surface area contributed by atoms with Crippen LogP contribution in [-0.4, -0.2) is 19.9 Å². The van der Waals surface area contributed by atoms with E-state index in [9.17, 15) is 4.79 Å². The molecule has 0 saturated heterocycles. The molecule has 0 spiro atoms. The number of aldehydes is 1. The summed E-state index contributed by atoms with van der Waals surface area (Å²) in [7, 11) is 2.09. The van der Waals surface area contributed by atoms with Crippen LogP contribution in [0.5, 0.6) is 0 Å². The molecule has 98 valence electrons. The third kappa shape index (κ3) is 3.35. The van der Waals surface area contributed by atoms with Crippen molar-refractivity contribution in [3.8, 4) is 0 Å². The summed E-state index contributed by atoms with van der Waals surface area (Å²) in [5.41, 5.74) is 1.81. The van der Waals surface area contributed by atoms with Gasteiger partial charge in [0.2, 0.25) is 0 Å². The van der Waals surface area contributed by atoms with Crippen LogP contribution < -0.4 is 4.90 Å². The highest BCUT2D eigenvalue weighted by Gasteiger charge is 2.17. The van der Waals surface area contributed by atoms with Crippen LogP contribution in [0.15, 0.2) is 22.7 Å². The van der Waals surface area contributed by atoms with Gasteiger partial charge in [0.1, 0.15) is 0 Å². The van der Waals surface area contributed by atoms with Gasteiger partial charge in [-0.25, -0.2) is 0 Å². The van der Waals surface area contributed by atoms with Gasteiger partial charge in [-0.3, -0.25) is 4.79 Å². The minimum absolute atomic E-state index is 0.766. The zero-order chi connectivity index (χ0) is 13.0. The molecule has 2 rings (SSSR count). The van der Waals surface area contributed by atoms with Crippen LogP contribution in [0, 0.1) is 5.92 Å². The van der Waals surface area contributed by atoms with Crippen molar-refractivity contribution >= 4 is 27.9 Å².